The molecule has 0 radical (unpaired) electrons. The van der Waals surface area contributed by atoms with Gasteiger partial charge in [0.15, 0.2) is 0 Å². The molecule has 1 fully saturated rings. The van der Waals surface area contributed by atoms with Crippen LogP contribution in [0, 0.1) is 0 Å². The van der Waals surface area contributed by atoms with E-state index in [2.05, 4.69) is 0 Å². The number of nitrogens with two attached hydrogens (primary N) is 2. The predicted molar refractivity (Wildman–Crippen MR) is 59.5 cm³/mol. The lowest BCUT2D eigenvalue weighted by Gasteiger charge is -2.21. The first-order chi connectivity index (χ1) is 7.04. The molecule has 4 nitrogen and oxygen atoms in total. The summed E-state index contributed by atoms with van der Waals surface area (Å²) in [5.74, 6) is 0. The number of hydrogen-bond acceptors (Lipinski definition) is 2. The molecular weight excluding hydrogens is 190 g/mol. The normalized spacial score (nSPS) is 17.2. The molecular formula is C11H15N3O. The van der Waals surface area contributed by atoms with E-state index in [1.807, 2.05) is 24.3 Å². The van der Waals surface area contributed by atoms with E-state index >= 15 is 0 Å². The minimum absolute atomic E-state index is 0.250. The molecule has 2 amide bonds. The summed E-state index contributed by atoms with van der Waals surface area (Å²) in [5.41, 5.74) is 12.9. The van der Waals surface area contributed by atoms with Crippen molar-refractivity contribution >= 4 is 11.7 Å². The van der Waals surface area contributed by atoms with Crippen LogP contribution < -0.4 is 16.4 Å². The Balaban J connectivity index is 2.42. The van der Waals surface area contributed by atoms with Crippen LogP contribution in [-0.2, 0) is 5.54 Å². The monoisotopic (exact) mass is 205 g/mol. The molecule has 80 valence electrons. The van der Waals surface area contributed by atoms with Gasteiger partial charge in [0, 0.05) is 12.6 Å². The molecule has 1 aromatic rings. The van der Waals surface area contributed by atoms with Gasteiger partial charge in [-0.05, 0) is 24.5 Å². The topological polar surface area (TPSA) is 72.3 Å². The van der Waals surface area contributed by atoms with Crippen molar-refractivity contribution in [1.29, 1.82) is 0 Å². The molecule has 0 bridgehead atoms. The number of rotatable bonds is 2. The van der Waals surface area contributed by atoms with Crippen molar-refractivity contribution in [1.82, 2.24) is 0 Å². The van der Waals surface area contributed by atoms with Crippen molar-refractivity contribution in [3.05, 3.63) is 29.8 Å². The molecule has 4 N–H and O–H groups in total. The van der Waals surface area contributed by atoms with Crippen LogP contribution in [0.3, 0.4) is 0 Å². The second-order valence-corrected chi connectivity index (χ2v) is 4.07. The first-order valence-electron chi connectivity index (χ1n) is 4.96. The fraction of sp³-hybridized carbons (Fsp3) is 0.364. The van der Waals surface area contributed by atoms with Gasteiger partial charge in [-0.25, -0.2) is 4.79 Å². The third-order valence-electron chi connectivity index (χ3n) is 2.92. The van der Waals surface area contributed by atoms with Gasteiger partial charge in [0.2, 0.25) is 0 Å². The molecule has 1 aliphatic rings. The highest BCUT2D eigenvalue weighted by Crippen LogP contribution is 2.46. The average Bonchev–Trinajstić information content (AvgIpc) is 2.96. The zero-order valence-corrected chi connectivity index (χ0v) is 8.73. The molecule has 1 aromatic carbocycles. The Morgan fingerprint density at radius 3 is 2.53 bits per heavy atom. The van der Waals surface area contributed by atoms with Crippen molar-refractivity contribution in [2.75, 3.05) is 11.9 Å². The number of hydrogen-bond donors (Lipinski definition) is 2. The van der Waals surface area contributed by atoms with E-state index in [0.29, 0.717) is 0 Å². The summed E-state index contributed by atoms with van der Waals surface area (Å²) < 4.78 is 0. The van der Waals surface area contributed by atoms with Gasteiger partial charge in [-0.15, -0.1) is 0 Å². The Bertz CT molecular complexity index is 399. The summed E-state index contributed by atoms with van der Waals surface area (Å²) >= 11 is 0. The number of benzene rings is 1. The van der Waals surface area contributed by atoms with Gasteiger partial charge in [0.25, 0.3) is 0 Å². The number of nitrogens with zero attached hydrogens (tertiary/aromatic N) is 1. The van der Waals surface area contributed by atoms with Crippen LogP contribution >= 0.6 is 0 Å². The maximum atomic E-state index is 11.1. The number of primary amides is 1. The lowest BCUT2D eigenvalue weighted by Crippen LogP contribution is -2.34. The number of anilines is 1. The molecule has 0 heterocycles. The van der Waals surface area contributed by atoms with Gasteiger partial charge < -0.3 is 11.5 Å². The van der Waals surface area contributed by atoms with Crippen LogP contribution in [0.4, 0.5) is 10.5 Å². The number of amides is 2. The molecule has 0 aliphatic heterocycles. The summed E-state index contributed by atoms with van der Waals surface area (Å²) in [4.78, 5) is 12.5. The molecule has 1 saturated carbocycles. The molecule has 0 atom stereocenters. The standard InChI is InChI=1S/C11H15N3O/c1-14(10(12)15)9-5-3-2-4-8(9)11(13)6-7-11/h2-5H,6-7,13H2,1H3,(H2,12,15). The average molecular weight is 205 g/mol. The van der Waals surface area contributed by atoms with Gasteiger partial charge >= 0.3 is 6.03 Å². The van der Waals surface area contributed by atoms with Crippen molar-refractivity contribution in [2.24, 2.45) is 11.5 Å². The summed E-state index contributed by atoms with van der Waals surface area (Å²) in [6.07, 6.45) is 1.94. The van der Waals surface area contributed by atoms with Crippen LogP contribution in [0.5, 0.6) is 0 Å². The highest BCUT2D eigenvalue weighted by Gasteiger charge is 2.42. The molecule has 0 spiro atoms. The molecule has 15 heavy (non-hydrogen) atoms. The Morgan fingerprint density at radius 1 is 1.40 bits per heavy atom. The Hall–Kier alpha value is -1.55. The largest absolute Gasteiger partial charge is 0.351 e. The zero-order chi connectivity index (χ0) is 11.1. The van der Waals surface area contributed by atoms with E-state index in [-0.39, 0.29) is 5.54 Å². The van der Waals surface area contributed by atoms with E-state index < -0.39 is 6.03 Å². The molecule has 0 saturated heterocycles. The van der Waals surface area contributed by atoms with Gasteiger partial charge in [0.05, 0.1) is 5.69 Å². The highest BCUT2D eigenvalue weighted by molar-refractivity contribution is 5.91. The van der Waals surface area contributed by atoms with Gasteiger partial charge in [-0.1, -0.05) is 18.2 Å². The lowest BCUT2D eigenvalue weighted by atomic mass is 10.0. The lowest BCUT2D eigenvalue weighted by molar-refractivity contribution is 0.255. The van der Waals surface area contributed by atoms with Crippen LogP contribution in [0.25, 0.3) is 0 Å². The van der Waals surface area contributed by atoms with Gasteiger partial charge in [-0.3, -0.25) is 4.90 Å². The number of urea groups is 1. The van der Waals surface area contributed by atoms with E-state index in [1.54, 1.807) is 7.05 Å². The first-order valence-corrected chi connectivity index (χ1v) is 4.96. The third kappa shape index (κ3) is 1.68. The number of para-hydroxylation sites is 1. The quantitative estimate of drug-likeness (QED) is 0.760. The second kappa shape index (κ2) is 3.24. The summed E-state index contributed by atoms with van der Waals surface area (Å²) in [6.45, 7) is 0. The fourth-order valence-corrected chi connectivity index (χ4v) is 1.71. The van der Waals surface area contributed by atoms with E-state index in [1.165, 1.54) is 4.90 Å². The molecule has 2 rings (SSSR count). The van der Waals surface area contributed by atoms with Crippen LogP contribution in [0.1, 0.15) is 18.4 Å². The van der Waals surface area contributed by atoms with E-state index in [9.17, 15) is 4.79 Å². The van der Waals surface area contributed by atoms with E-state index in [0.717, 1.165) is 24.1 Å². The Labute approximate surface area is 88.9 Å². The summed E-state index contributed by atoms with van der Waals surface area (Å²) in [7, 11) is 1.66. The number of carbonyl (C=O) groups is 1. The minimum atomic E-state index is -0.466. The van der Waals surface area contributed by atoms with Crippen molar-refractivity contribution in [3.63, 3.8) is 0 Å². The summed E-state index contributed by atoms with van der Waals surface area (Å²) in [6, 6.07) is 7.17. The second-order valence-electron chi connectivity index (χ2n) is 4.07. The maximum absolute atomic E-state index is 11.1. The number of carbonyl (C=O) groups excluding carboxylic acids is 1. The van der Waals surface area contributed by atoms with Gasteiger partial charge in [-0.2, -0.15) is 0 Å². The molecule has 4 heteroatoms. The molecule has 0 unspecified atom stereocenters. The molecule has 1 aliphatic carbocycles. The van der Waals surface area contributed by atoms with E-state index in [4.69, 9.17) is 11.5 Å². The maximum Gasteiger partial charge on any atom is 0.319 e. The third-order valence-corrected chi connectivity index (χ3v) is 2.92. The highest BCUT2D eigenvalue weighted by atomic mass is 16.2. The minimum Gasteiger partial charge on any atom is -0.351 e. The zero-order valence-electron chi connectivity index (χ0n) is 8.73. The predicted octanol–water partition coefficient (Wildman–Crippen LogP) is 1.15. The van der Waals surface area contributed by atoms with Crippen molar-refractivity contribution in [2.45, 2.75) is 18.4 Å². The SMILES string of the molecule is CN(C(N)=O)c1ccccc1C1(N)CC1. The Kier molecular flexibility index (Phi) is 2.16. The van der Waals surface area contributed by atoms with Crippen LogP contribution in [-0.4, -0.2) is 13.1 Å². The van der Waals surface area contributed by atoms with Crippen molar-refractivity contribution < 1.29 is 4.79 Å². The van der Waals surface area contributed by atoms with Crippen molar-refractivity contribution in [3.8, 4) is 0 Å². The smallest absolute Gasteiger partial charge is 0.319 e. The van der Waals surface area contributed by atoms with Crippen LogP contribution in [0.15, 0.2) is 24.3 Å². The molecule has 0 aromatic heterocycles. The first kappa shape index (κ1) is 9.98. The van der Waals surface area contributed by atoms with Crippen LogP contribution in [0.2, 0.25) is 0 Å². The summed E-state index contributed by atoms with van der Waals surface area (Å²) in [5, 5.41) is 0. The Morgan fingerprint density at radius 2 is 2.00 bits per heavy atom. The fourth-order valence-electron chi connectivity index (χ4n) is 1.71. The van der Waals surface area contributed by atoms with Gasteiger partial charge in [0.1, 0.15) is 0 Å².